The van der Waals surface area contributed by atoms with Gasteiger partial charge in [-0.05, 0) is 30.5 Å². The van der Waals surface area contributed by atoms with E-state index in [2.05, 4.69) is 0 Å². The van der Waals surface area contributed by atoms with E-state index in [9.17, 15) is 0 Å². The summed E-state index contributed by atoms with van der Waals surface area (Å²) in [6, 6.07) is 5.39. The molecule has 3 N–H and O–H groups in total. The summed E-state index contributed by atoms with van der Waals surface area (Å²) in [4.78, 5) is 0. The first kappa shape index (κ1) is 10.8. The first-order valence-electron chi connectivity index (χ1n) is 3.97. The van der Waals surface area contributed by atoms with Crippen LogP contribution in [0.15, 0.2) is 18.2 Å². The Morgan fingerprint density at radius 1 is 1.31 bits per heavy atom. The van der Waals surface area contributed by atoms with Gasteiger partial charge in [0.2, 0.25) is 0 Å². The molecule has 13 heavy (non-hydrogen) atoms. The van der Waals surface area contributed by atoms with Gasteiger partial charge in [-0.25, -0.2) is 0 Å². The van der Waals surface area contributed by atoms with Crippen molar-refractivity contribution in [3.05, 3.63) is 33.8 Å². The second-order valence-electron chi connectivity index (χ2n) is 2.85. The lowest BCUT2D eigenvalue weighted by molar-refractivity contribution is 0.172. The molecule has 0 aliphatic rings. The topological polar surface area (TPSA) is 46.2 Å². The molecule has 0 aromatic heterocycles. The Morgan fingerprint density at radius 2 is 2.00 bits per heavy atom. The third-order valence-corrected chi connectivity index (χ3v) is 2.45. The Labute approximate surface area is 87.3 Å². The van der Waals surface area contributed by atoms with Crippen LogP contribution in [0.2, 0.25) is 10.0 Å². The van der Waals surface area contributed by atoms with Gasteiger partial charge < -0.3 is 10.8 Å². The zero-order valence-corrected chi connectivity index (χ0v) is 8.52. The highest BCUT2D eigenvalue weighted by Gasteiger charge is 2.01. The number of hydrogen-bond acceptors (Lipinski definition) is 2. The van der Waals surface area contributed by atoms with Gasteiger partial charge in [-0.1, -0.05) is 29.3 Å². The van der Waals surface area contributed by atoms with Crippen LogP contribution in [-0.2, 0) is 6.42 Å². The number of hydrogen-bond donors (Lipinski definition) is 2. The molecule has 0 amide bonds. The molecular weight excluding hydrogens is 209 g/mol. The van der Waals surface area contributed by atoms with Gasteiger partial charge in [0.25, 0.3) is 0 Å². The molecule has 0 fully saturated rings. The summed E-state index contributed by atoms with van der Waals surface area (Å²) in [7, 11) is 0. The zero-order chi connectivity index (χ0) is 9.84. The van der Waals surface area contributed by atoms with Gasteiger partial charge in [0.05, 0.1) is 10.0 Å². The van der Waals surface area contributed by atoms with Crippen LogP contribution in [0.25, 0.3) is 0 Å². The molecule has 0 aliphatic carbocycles. The average molecular weight is 220 g/mol. The van der Waals surface area contributed by atoms with Crippen LogP contribution in [0.3, 0.4) is 0 Å². The molecule has 0 bridgehead atoms. The van der Waals surface area contributed by atoms with Crippen LogP contribution < -0.4 is 5.73 Å². The summed E-state index contributed by atoms with van der Waals surface area (Å²) in [6.45, 7) is 0. The number of aryl methyl sites for hydroxylation is 1. The second kappa shape index (κ2) is 4.82. The maximum Gasteiger partial charge on any atom is 0.102 e. The van der Waals surface area contributed by atoms with Gasteiger partial charge in [-0.2, -0.15) is 0 Å². The summed E-state index contributed by atoms with van der Waals surface area (Å²) in [5.74, 6) is 0. The van der Waals surface area contributed by atoms with Crippen LogP contribution >= 0.6 is 23.2 Å². The first-order chi connectivity index (χ1) is 6.09. The molecule has 0 aliphatic heterocycles. The molecule has 0 heterocycles. The van der Waals surface area contributed by atoms with Gasteiger partial charge in [0, 0.05) is 0 Å². The summed E-state index contributed by atoms with van der Waals surface area (Å²) in [5, 5.41) is 9.93. The van der Waals surface area contributed by atoms with E-state index >= 15 is 0 Å². The Hall–Kier alpha value is -0.280. The molecule has 0 radical (unpaired) electrons. The smallest absolute Gasteiger partial charge is 0.102 e. The first-order valence-corrected chi connectivity index (χ1v) is 4.73. The average Bonchev–Trinajstić information content (AvgIpc) is 2.07. The Balaban J connectivity index is 2.63. The van der Waals surface area contributed by atoms with Gasteiger partial charge in [0.15, 0.2) is 0 Å². The van der Waals surface area contributed by atoms with Gasteiger partial charge in [0.1, 0.15) is 6.23 Å². The van der Waals surface area contributed by atoms with E-state index < -0.39 is 6.23 Å². The zero-order valence-electron chi connectivity index (χ0n) is 7.00. The fourth-order valence-corrected chi connectivity index (χ4v) is 1.33. The monoisotopic (exact) mass is 219 g/mol. The lowest BCUT2D eigenvalue weighted by Gasteiger charge is -2.05. The van der Waals surface area contributed by atoms with Crippen molar-refractivity contribution in [1.82, 2.24) is 0 Å². The van der Waals surface area contributed by atoms with Gasteiger partial charge in [-0.3, -0.25) is 0 Å². The van der Waals surface area contributed by atoms with E-state index in [-0.39, 0.29) is 0 Å². The maximum absolute atomic E-state index is 8.86. The van der Waals surface area contributed by atoms with Crippen molar-refractivity contribution in [2.24, 2.45) is 5.73 Å². The number of halogens is 2. The van der Waals surface area contributed by atoms with E-state index in [4.69, 9.17) is 34.0 Å². The summed E-state index contributed by atoms with van der Waals surface area (Å²) in [6.07, 6.45) is 0.460. The highest BCUT2D eigenvalue weighted by atomic mass is 35.5. The predicted octanol–water partition coefficient (Wildman–Crippen LogP) is 2.20. The number of benzene rings is 1. The van der Waals surface area contributed by atoms with E-state index in [0.29, 0.717) is 22.9 Å². The fourth-order valence-electron chi connectivity index (χ4n) is 1.01. The minimum Gasteiger partial charge on any atom is -0.379 e. The molecular formula is C9H11Cl2NO. The summed E-state index contributed by atoms with van der Waals surface area (Å²) >= 11 is 11.5. The minimum atomic E-state index is -0.769. The summed E-state index contributed by atoms with van der Waals surface area (Å²) < 4.78 is 0. The fraction of sp³-hybridized carbons (Fsp3) is 0.333. The molecule has 4 heteroatoms. The van der Waals surface area contributed by atoms with Crippen molar-refractivity contribution in [3.63, 3.8) is 0 Å². The minimum absolute atomic E-state index is 0.526. The number of aliphatic hydroxyl groups excluding tert-OH is 1. The molecule has 2 nitrogen and oxygen atoms in total. The van der Waals surface area contributed by atoms with Crippen LogP contribution in [0.1, 0.15) is 12.0 Å². The molecule has 72 valence electrons. The summed E-state index contributed by atoms with van der Waals surface area (Å²) in [5.41, 5.74) is 6.23. The van der Waals surface area contributed by atoms with Crippen molar-refractivity contribution in [1.29, 1.82) is 0 Å². The molecule has 0 spiro atoms. The SMILES string of the molecule is NC(O)CCc1ccc(Cl)c(Cl)c1. The molecule has 1 atom stereocenters. The lowest BCUT2D eigenvalue weighted by atomic mass is 10.1. The standard InChI is InChI=1S/C9H11Cl2NO/c10-7-3-1-6(5-8(7)11)2-4-9(12)13/h1,3,5,9,13H,2,4,12H2. The van der Waals surface area contributed by atoms with Crippen LogP contribution in [-0.4, -0.2) is 11.3 Å². The maximum atomic E-state index is 8.86. The highest BCUT2D eigenvalue weighted by molar-refractivity contribution is 6.42. The third-order valence-electron chi connectivity index (χ3n) is 1.71. The van der Waals surface area contributed by atoms with Crippen molar-refractivity contribution >= 4 is 23.2 Å². The van der Waals surface area contributed by atoms with Crippen molar-refractivity contribution in [2.45, 2.75) is 19.1 Å². The van der Waals surface area contributed by atoms with Crippen LogP contribution in [0.5, 0.6) is 0 Å². The molecule has 1 rings (SSSR count). The van der Waals surface area contributed by atoms with Crippen molar-refractivity contribution in [2.75, 3.05) is 0 Å². The molecule has 0 saturated heterocycles. The van der Waals surface area contributed by atoms with Crippen molar-refractivity contribution < 1.29 is 5.11 Å². The van der Waals surface area contributed by atoms with E-state index in [0.717, 1.165) is 5.56 Å². The number of nitrogens with two attached hydrogens (primary N) is 1. The Morgan fingerprint density at radius 3 is 2.54 bits per heavy atom. The van der Waals surface area contributed by atoms with Crippen LogP contribution in [0, 0.1) is 0 Å². The highest BCUT2D eigenvalue weighted by Crippen LogP contribution is 2.23. The quantitative estimate of drug-likeness (QED) is 0.767. The van der Waals surface area contributed by atoms with E-state index in [1.165, 1.54) is 0 Å². The van der Waals surface area contributed by atoms with Gasteiger partial charge in [-0.15, -0.1) is 0 Å². The number of rotatable bonds is 3. The van der Waals surface area contributed by atoms with E-state index in [1.807, 2.05) is 6.07 Å². The largest absolute Gasteiger partial charge is 0.379 e. The normalized spacial score (nSPS) is 12.9. The molecule has 0 saturated carbocycles. The molecule has 1 aromatic carbocycles. The van der Waals surface area contributed by atoms with E-state index in [1.54, 1.807) is 12.1 Å². The lowest BCUT2D eigenvalue weighted by Crippen LogP contribution is -2.19. The second-order valence-corrected chi connectivity index (χ2v) is 3.67. The van der Waals surface area contributed by atoms with Crippen molar-refractivity contribution in [3.8, 4) is 0 Å². The Kier molecular flexibility index (Phi) is 4.00. The third kappa shape index (κ3) is 3.53. The van der Waals surface area contributed by atoms with Crippen LogP contribution in [0.4, 0.5) is 0 Å². The number of aliphatic hydroxyl groups is 1. The molecule has 1 unspecified atom stereocenters. The molecule has 1 aromatic rings. The Bertz CT molecular complexity index is 289. The van der Waals surface area contributed by atoms with Gasteiger partial charge >= 0.3 is 0 Å². The predicted molar refractivity (Wildman–Crippen MR) is 55.0 cm³/mol.